The molecule has 0 spiro atoms. The SMILES string of the molecule is C/C(CC(=O)Nc1ccc(Cl)cc1C)=N\NC(=O)c1ccc2ccccc2c1. The molecule has 2 N–H and O–H groups in total. The number of hydrogen-bond donors (Lipinski definition) is 2. The number of halogens is 1. The van der Waals surface area contributed by atoms with Crippen LogP contribution in [0.1, 0.15) is 29.3 Å². The van der Waals surface area contributed by atoms with Gasteiger partial charge in [-0.1, -0.05) is 41.9 Å². The molecule has 2 amide bonds. The van der Waals surface area contributed by atoms with Crippen molar-refractivity contribution in [3.8, 4) is 0 Å². The minimum Gasteiger partial charge on any atom is -0.326 e. The summed E-state index contributed by atoms with van der Waals surface area (Å²) in [4.78, 5) is 24.5. The second-order valence-corrected chi connectivity index (χ2v) is 6.97. The molecule has 5 nitrogen and oxygen atoms in total. The van der Waals surface area contributed by atoms with Crippen molar-refractivity contribution in [1.29, 1.82) is 0 Å². The maximum Gasteiger partial charge on any atom is 0.271 e. The van der Waals surface area contributed by atoms with Crippen LogP contribution in [0.5, 0.6) is 0 Å². The third kappa shape index (κ3) is 4.96. The fraction of sp³-hybridized carbons (Fsp3) is 0.136. The zero-order chi connectivity index (χ0) is 20.1. The first-order valence-electron chi connectivity index (χ1n) is 8.80. The van der Waals surface area contributed by atoms with Gasteiger partial charge in [-0.15, -0.1) is 0 Å². The largest absolute Gasteiger partial charge is 0.326 e. The van der Waals surface area contributed by atoms with Crippen LogP contribution in [0.2, 0.25) is 5.02 Å². The quantitative estimate of drug-likeness (QED) is 0.476. The zero-order valence-corrected chi connectivity index (χ0v) is 16.4. The van der Waals surface area contributed by atoms with Crippen molar-refractivity contribution in [1.82, 2.24) is 5.43 Å². The molecule has 0 atom stereocenters. The summed E-state index contributed by atoms with van der Waals surface area (Å²) in [6, 6.07) is 18.5. The Hall–Kier alpha value is -3.18. The molecule has 28 heavy (non-hydrogen) atoms. The highest BCUT2D eigenvalue weighted by Gasteiger charge is 2.09. The van der Waals surface area contributed by atoms with E-state index in [1.807, 2.05) is 43.3 Å². The molecule has 0 saturated carbocycles. The Morgan fingerprint density at radius 1 is 1.00 bits per heavy atom. The van der Waals surface area contributed by atoms with E-state index in [1.165, 1.54) is 0 Å². The van der Waals surface area contributed by atoms with Crippen molar-refractivity contribution in [2.75, 3.05) is 5.32 Å². The number of nitrogens with one attached hydrogen (secondary N) is 2. The highest BCUT2D eigenvalue weighted by atomic mass is 35.5. The zero-order valence-electron chi connectivity index (χ0n) is 15.6. The van der Waals surface area contributed by atoms with Gasteiger partial charge in [0.1, 0.15) is 0 Å². The van der Waals surface area contributed by atoms with Gasteiger partial charge < -0.3 is 5.32 Å². The normalized spacial score (nSPS) is 11.3. The van der Waals surface area contributed by atoms with Crippen LogP contribution in [0.4, 0.5) is 5.69 Å². The molecule has 6 heteroatoms. The summed E-state index contributed by atoms with van der Waals surface area (Å²) in [6.07, 6.45) is 0.0695. The molecule has 142 valence electrons. The number of carbonyl (C=O) groups is 2. The molecule has 3 aromatic rings. The molecule has 3 aromatic carbocycles. The van der Waals surface area contributed by atoms with Gasteiger partial charge in [-0.25, -0.2) is 5.43 Å². The van der Waals surface area contributed by atoms with E-state index in [1.54, 1.807) is 31.2 Å². The molecule has 0 aliphatic rings. The van der Waals surface area contributed by atoms with Crippen LogP contribution in [0.25, 0.3) is 10.8 Å². The van der Waals surface area contributed by atoms with E-state index < -0.39 is 0 Å². The average molecular weight is 394 g/mol. The first kappa shape index (κ1) is 19.6. The topological polar surface area (TPSA) is 70.6 Å². The van der Waals surface area contributed by atoms with Crippen LogP contribution in [0, 0.1) is 6.92 Å². The van der Waals surface area contributed by atoms with Crippen molar-refractivity contribution < 1.29 is 9.59 Å². The lowest BCUT2D eigenvalue weighted by molar-refractivity contribution is -0.115. The van der Waals surface area contributed by atoms with Gasteiger partial charge in [-0.2, -0.15) is 5.10 Å². The van der Waals surface area contributed by atoms with E-state index in [4.69, 9.17) is 11.6 Å². The smallest absolute Gasteiger partial charge is 0.271 e. The Bertz CT molecular complexity index is 1080. The van der Waals surface area contributed by atoms with E-state index in [0.29, 0.717) is 22.0 Å². The van der Waals surface area contributed by atoms with Crippen LogP contribution in [0.15, 0.2) is 65.8 Å². The Balaban J connectivity index is 1.59. The number of anilines is 1. The van der Waals surface area contributed by atoms with Crippen LogP contribution in [-0.4, -0.2) is 17.5 Å². The maximum atomic E-state index is 12.3. The van der Waals surface area contributed by atoms with Crippen molar-refractivity contribution in [3.05, 3.63) is 76.8 Å². The predicted molar refractivity (Wildman–Crippen MR) is 114 cm³/mol. The molecule has 0 saturated heterocycles. The number of aryl methyl sites for hydroxylation is 1. The molecular formula is C22H20ClN3O2. The Morgan fingerprint density at radius 3 is 2.50 bits per heavy atom. The number of hydrazone groups is 1. The minimum absolute atomic E-state index is 0.0695. The summed E-state index contributed by atoms with van der Waals surface area (Å²) in [5.41, 5.74) is 5.08. The lowest BCUT2D eigenvalue weighted by Crippen LogP contribution is -2.21. The summed E-state index contributed by atoms with van der Waals surface area (Å²) in [6.45, 7) is 3.56. The standard InChI is InChI=1S/C22H20ClN3O2/c1-14-11-19(23)9-10-20(14)24-21(27)12-15(2)25-26-22(28)18-8-7-16-5-3-4-6-17(16)13-18/h3-11,13H,12H2,1-2H3,(H,24,27)(H,26,28)/b25-15+. The molecule has 0 heterocycles. The van der Waals surface area contributed by atoms with Gasteiger partial charge in [0.2, 0.25) is 5.91 Å². The maximum absolute atomic E-state index is 12.3. The van der Waals surface area contributed by atoms with Crippen molar-refractivity contribution in [2.45, 2.75) is 20.3 Å². The lowest BCUT2D eigenvalue weighted by atomic mass is 10.1. The first-order valence-corrected chi connectivity index (χ1v) is 9.18. The van der Waals surface area contributed by atoms with Gasteiger partial charge in [-0.05, 0) is 60.5 Å². The van der Waals surface area contributed by atoms with E-state index in [9.17, 15) is 9.59 Å². The van der Waals surface area contributed by atoms with E-state index in [2.05, 4.69) is 15.8 Å². The molecule has 0 unspecified atom stereocenters. The average Bonchev–Trinajstić information content (AvgIpc) is 2.68. The van der Waals surface area contributed by atoms with Crippen LogP contribution < -0.4 is 10.7 Å². The van der Waals surface area contributed by atoms with Gasteiger partial charge >= 0.3 is 0 Å². The number of benzene rings is 3. The van der Waals surface area contributed by atoms with Gasteiger partial charge in [0.05, 0.1) is 6.42 Å². The summed E-state index contributed by atoms with van der Waals surface area (Å²) < 4.78 is 0. The number of carbonyl (C=O) groups excluding carboxylic acids is 2. The van der Waals surface area contributed by atoms with E-state index in [-0.39, 0.29) is 18.2 Å². The first-order chi connectivity index (χ1) is 13.4. The molecule has 0 bridgehead atoms. The van der Waals surface area contributed by atoms with Gasteiger partial charge in [0.15, 0.2) is 0 Å². The van der Waals surface area contributed by atoms with Crippen LogP contribution in [0.3, 0.4) is 0 Å². The number of hydrogen-bond acceptors (Lipinski definition) is 3. The van der Waals surface area contributed by atoms with Gasteiger partial charge in [0, 0.05) is 22.0 Å². The molecule has 3 rings (SSSR count). The Morgan fingerprint density at radius 2 is 1.75 bits per heavy atom. The summed E-state index contributed by atoms with van der Waals surface area (Å²) in [5, 5.41) is 9.51. The number of rotatable bonds is 5. The van der Waals surface area contributed by atoms with Crippen LogP contribution >= 0.6 is 11.6 Å². The number of nitrogens with zero attached hydrogens (tertiary/aromatic N) is 1. The highest BCUT2D eigenvalue weighted by Crippen LogP contribution is 2.19. The second kappa shape index (κ2) is 8.67. The minimum atomic E-state index is -0.320. The summed E-state index contributed by atoms with van der Waals surface area (Å²) in [5.74, 6) is -0.536. The molecule has 0 aliphatic carbocycles. The third-order valence-electron chi connectivity index (χ3n) is 4.24. The molecular weight excluding hydrogens is 374 g/mol. The highest BCUT2D eigenvalue weighted by molar-refractivity contribution is 6.30. The van der Waals surface area contributed by atoms with Crippen molar-refractivity contribution in [2.24, 2.45) is 5.10 Å². The van der Waals surface area contributed by atoms with Crippen molar-refractivity contribution >= 4 is 45.6 Å². The number of fused-ring (bicyclic) bond motifs is 1. The fourth-order valence-electron chi connectivity index (χ4n) is 2.77. The van der Waals surface area contributed by atoms with Gasteiger partial charge in [-0.3, -0.25) is 9.59 Å². The molecule has 0 fully saturated rings. The molecule has 0 aromatic heterocycles. The number of amides is 2. The van der Waals surface area contributed by atoms with Gasteiger partial charge in [0.25, 0.3) is 5.91 Å². The monoisotopic (exact) mass is 393 g/mol. The predicted octanol–water partition coefficient (Wildman–Crippen LogP) is 4.94. The molecule has 0 radical (unpaired) electrons. The Labute approximate surface area is 168 Å². The summed E-state index contributed by atoms with van der Waals surface area (Å²) in [7, 11) is 0. The second-order valence-electron chi connectivity index (χ2n) is 6.53. The van der Waals surface area contributed by atoms with E-state index >= 15 is 0 Å². The fourth-order valence-corrected chi connectivity index (χ4v) is 3.00. The van der Waals surface area contributed by atoms with E-state index in [0.717, 1.165) is 16.3 Å². The van der Waals surface area contributed by atoms with Crippen LogP contribution in [-0.2, 0) is 4.79 Å². The van der Waals surface area contributed by atoms with Crippen molar-refractivity contribution in [3.63, 3.8) is 0 Å². The third-order valence-corrected chi connectivity index (χ3v) is 4.47. The molecule has 0 aliphatic heterocycles. The Kier molecular flexibility index (Phi) is 6.06. The lowest BCUT2D eigenvalue weighted by Gasteiger charge is -2.09. The summed E-state index contributed by atoms with van der Waals surface area (Å²) >= 11 is 5.92.